The summed E-state index contributed by atoms with van der Waals surface area (Å²) in [5, 5.41) is 12.3. The molecule has 5 nitrogen and oxygen atoms in total. The molecule has 0 atom stereocenters. The molecule has 0 unspecified atom stereocenters. The Balaban J connectivity index is 1.96. The maximum Gasteiger partial charge on any atom is 0.216 e. The van der Waals surface area contributed by atoms with Gasteiger partial charge in [0.2, 0.25) is 4.77 Å². The predicted molar refractivity (Wildman–Crippen MR) is 98.9 cm³/mol. The van der Waals surface area contributed by atoms with E-state index in [4.69, 9.17) is 40.2 Å². The summed E-state index contributed by atoms with van der Waals surface area (Å²) in [4.78, 5) is 0. The van der Waals surface area contributed by atoms with Gasteiger partial charge in [0.15, 0.2) is 5.82 Å². The summed E-state index contributed by atoms with van der Waals surface area (Å²) >= 11 is 17.2. The van der Waals surface area contributed by atoms with Gasteiger partial charge >= 0.3 is 0 Å². The van der Waals surface area contributed by atoms with Crippen LogP contribution in [0.1, 0.15) is 5.56 Å². The van der Waals surface area contributed by atoms with Gasteiger partial charge in [0.25, 0.3) is 0 Å². The monoisotopic (exact) mass is 378 g/mol. The number of methoxy groups -OCH3 is 1. The lowest BCUT2D eigenvalue weighted by Gasteiger charge is -2.03. The van der Waals surface area contributed by atoms with Crippen molar-refractivity contribution in [3.05, 3.63) is 62.8 Å². The Bertz CT molecular complexity index is 947. The third-order valence-electron chi connectivity index (χ3n) is 3.26. The predicted octanol–water partition coefficient (Wildman–Crippen LogP) is 4.81. The highest BCUT2D eigenvalue weighted by Crippen LogP contribution is 2.23. The SMILES string of the molecule is COc1ccc(-c2n[nH]c(=S)n2N=Cc2ccc(Cl)c(Cl)c2)cc1. The van der Waals surface area contributed by atoms with Crippen molar-refractivity contribution in [1.82, 2.24) is 14.9 Å². The van der Waals surface area contributed by atoms with E-state index in [1.165, 1.54) is 0 Å². The largest absolute Gasteiger partial charge is 0.497 e. The molecule has 0 bridgehead atoms. The molecular weight excluding hydrogens is 367 g/mol. The number of aromatic nitrogens is 3. The highest BCUT2D eigenvalue weighted by Gasteiger charge is 2.08. The number of rotatable bonds is 4. The van der Waals surface area contributed by atoms with Crippen LogP contribution in [0, 0.1) is 4.77 Å². The first-order valence-corrected chi connectivity index (χ1v) is 8.06. The van der Waals surface area contributed by atoms with Crippen LogP contribution in [-0.4, -0.2) is 28.2 Å². The fourth-order valence-corrected chi connectivity index (χ4v) is 2.53. The second-order valence-electron chi connectivity index (χ2n) is 4.81. The van der Waals surface area contributed by atoms with Gasteiger partial charge in [-0.2, -0.15) is 14.9 Å². The van der Waals surface area contributed by atoms with E-state index in [0.29, 0.717) is 20.6 Å². The Labute approximate surface area is 153 Å². The molecule has 1 heterocycles. The molecule has 122 valence electrons. The summed E-state index contributed by atoms with van der Waals surface area (Å²) < 4.78 is 7.09. The van der Waals surface area contributed by atoms with Crippen LogP contribution in [0.4, 0.5) is 0 Å². The van der Waals surface area contributed by atoms with Crippen LogP contribution in [0.15, 0.2) is 47.6 Å². The minimum Gasteiger partial charge on any atom is -0.497 e. The van der Waals surface area contributed by atoms with E-state index < -0.39 is 0 Å². The highest BCUT2D eigenvalue weighted by molar-refractivity contribution is 7.71. The third kappa shape index (κ3) is 3.51. The summed E-state index contributed by atoms with van der Waals surface area (Å²) in [5.74, 6) is 1.36. The van der Waals surface area contributed by atoms with Gasteiger partial charge in [0.05, 0.1) is 23.4 Å². The molecular formula is C16H12Cl2N4OS. The highest BCUT2D eigenvalue weighted by atomic mass is 35.5. The molecule has 24 heavy (non-hydrogen) atoms. The molecule has 0 fully saturated rings. The molecule has 0 aliphatic carbocycles. The van der Waals surface area contributed by atoms with Gasteiger partial charge in [-0.1, -0.05) is 29.3 Å². The molecule has 3 rings (SSSR count). The van der Waals surface area contributed by atoms with Crippen molar-refractivity contribution in [2.45, 2.75) is 0 Å². The van der Waals surface area contributed by atoms with Gasteiger partial charge in [-0.15, -0.1) is 0 Å². The first-order valence-electron chi connectivity index (χ1n) is 6.90. The summed E-state index contributed by atoms with van der Waals surface area (Å²) in [7, 11) is 1.62. The lowest BCUT2D eigenvalue weighted by Crippen LogP contribution is -1.95. The number of H-pyrrole nitrogens is 1. The summed E-state index contributed by atoms with van der Waals surface area (Å²) in [6.07, 6.45) is 1.64. The van der Waals surface area contributed by atoms with Gasteiger partial charge < -0.3 is 4.74 Å². The quantitative estimate of drug-likeness (QED) is 0.523. The average molecular weight is 379 g/mol. The smallest absolute Gasteiger partial charge is 0.216 e. The minimum absolute atomic E-state index is 0.386. The zero-order valence-corrected chi connectivity index (χ0v) is 14.9. The molecule has 0 amide bonds. The topological polar surface area (TPSA) is 55.2 Å². The minimum atomic E-state index is 0.386. The number of aromatic amines is 1. The van der Waals surface area contributed by atoms with Gasteiger partial charge in [-0.25, -0.2) is 5.10 Å². The summed E-state index contributed by atoms with van der Waals surface area (Å²) in [6, 6.07) is 12.7. The number of halogens is 2. The van der Waals surface area contributed by atoms with E-state index >= 15 is 0 Å². The van der Waals surface area contributed by atoms with Crippen molar-refractivity contribution in [1.29, 1.82) is 0 Å². The van der Waals surface area contributed by atoms with E-state index in [1.54, 1.807) is 30.1 Å². The molecule has 0 aliphatic heterocycles. The van der Waals surface area contributed by atoms with E-state index in [9.17, 15) is 0 Å². The van der Waals surface area contributed by atoms with Gasteiger partial charge in [0.1, 0.15) is 5.75 Å². The fraction of sp³-hybridized carbons (Fsp3) is 0.0625. The van der Waals surface area contributed by atoms with Crippen molar-refractivity contribution >= 4 is 41.6 Å². The number of hydrogen-bond donors (Lipinski definition) is 1. The van der Waals surface area contributed by atoms with Crippen molar-refractivity contribution in [2.75, 3.05) is 7.11 Å². The Kier molecular flexibility index (Phi) is 4.99. The fourth-order valence-electron chi connectivity index (χ4n) is 2.04. The third-order valence-corrected chi connectivity index (χ3v) is 4.27. The van der Waals surface area contributed by atoms with Crippen molar-refractivity contribution in [2.24, 2.45) is 5.10 Å². The Morgan fingerprint density at radius 3 is 2.58 bits per heavy atom. The van der Waals surface area contributed by atoms with Crippen LogP contribution in [-0.2, 0) is 0 Å². The molecule has 0 saturated heterocycles. The van der Waals surface area contributed by atoms with E-state index in [1.807, 2.05) is 30.3 Å². The lowest BCUT2D eigenvalue weighted by molar-refractivity contribution is 0.415. The van der Waals surface area contributed by atoms with Crippen LogP contribution >= 0.6 is 35.4 Å². The molecule has 0 radical (unpaired) electrons. The van der Waals surface area contributed by atoms with Crippen molar-refractivity contribution < 1.29 is 4.74 Å². The van der Waals surface area contributed by atoms with Crippen LogP contribution in [0.2, 0.25) is 10.0 Å². The summed E-state index contributed by atoms with van der Waals surface area (Å²) in [5.41, 5.74) is 1.66. The first-order chi connectivity index (χ1) is 11.6. The first kappa shape index (κ1) is 16.7. The zero-order valence-electron chi connectivity index (χ0n) is 12.5. The molecule has 1 aromatic heterocycles. The second kappa shape index (κ2) is 7.17. The Morgan fingerprint density at radius 1 is 1.17 bits per heavy atom. The molecule has 0 spiro atoms. The van der Waals surface area contributed by atoms with Crippen molar-refractivity contribution in [3.8, 4) is 17.1 Å². The average Bonchev–Trinajstić information content (AvgIpc) is 2.97. The number of benzene rings is 2. The second-order valence-corrected chi connectivity index (χ2v) is 6.01. The van der Waals surface area contributed by atoms with E-state index in [-0.39, 0.29) is 0 Å². The molecule has 2 aromatic carbocycles. The number of nitrogens with zero attached hydrogens (tertiary/aromatic N) is 3. The van der Waals surface area contributed by atoms with Crippen LogP contribution in [0.25, 0.3) is 11.4 Å². The molecule has 3 aromatic rings. The van der Waals surface area contributed by atoms with Crippen LogP contribution in [0.5, 0.6) is 5.75 Å². The number of ether oxygens (including phenoxy) is 1. The summed E-state index contributed by atoms with van der Waals surface area (Å²) in [6.45, 7) is 0. The lowest BCUT2D eigenvalue weighted by atomic mass is 10.2. The van der Waals surface area contributed by atoms with Crippen molar-refractivity contribution in [3.63, 3.8) is 0 Å². The number of nitrogens with one attached hydrogen (secondary N) is 1. The molecule has 0 saturated carbocycles. The van der Waals surface area contributed by atoms with Gasteiger partial charge in [0, 0.05) is 5.56 Å². The van der Waals surface area contributed by atoms with Gasteiger partial charge in [-0.3, -0.25) is 0 Å². The van der Waals surface area contributed by atoms with E-state index in [2.05, 4.69) is 15.3 Å². The zero-order chi connectivity index (χ0) is 17.1. The van der Waals surface area contributed by atoms with E-state index in [0.717, 1.165) is 16.9 Å². The van der Waals surface area contributed by atoms with Gasteiger partial charge in [-0.05, 0) is 54.2 Å². The molecule has 8 heteroatoms. The van der Waals surface area contributed by atoms with Crippen LogP contribution in [0.3, 0.4) is 0 Å². The standard InChI is InChI=1S/C16H12Cl2N4OS/c1-23-12-5-3-11(4-6-12)15-20-21-16(24)22(15)19-9-10-2-7-13(17)14(18)8-10/h2-9H,1H3,(H,21,24). The maximum absolute atomic E-state index is 6.01. The maximum atomic E-state index is 6.01. The Morgan fingerprint density at radius 2 is 1.92 bits per heavy atom. The number of hydrogen-bond acceptors (Lipinski definition) is 4. The van der Waals surface area contributed by atoms with Crippen LogP contribution < -0.4 is 4.74 Å². The normalized spacial score (nSPS) is 11.1. The molecule has 0 aliphatic rings. The Hall–Kier alpha value is -2.15. The molecule has 1 N–H and O–H groups in total.